The molecular weight excluding hydrogens is 435 g/mol. The van der Waals surface area contributed by atoms with Crippen LogP contribution in [0.25, 0.3) is 22.3 Å². The van der Waals surface area contributed by atoms with Gasteiger partial charge in [0.15, 0.2) is 5.65 Å². The standard InChI is InChI=1S/C23H24BrFN2O2/c1-15(2)14-29-21(28)6-4-3-5-17-11-18-12-19(24)13-26-23(18)27-22(17)16-7-9-20(25)10-8-16/h7-13,15H,3-6,14H2,1-2H3. The van der Waals surface area contributed by atoms with Gasteiger partial charge in [0.05, 0.1) is 12.3 Å². The van der Waals surface area contributed by atoms with E-state index in [9.17, 15) is 9.18 Å². The van der Waals surface area contributed by atoms with Gasteiger partial charge in [0.1, 0.15) is 5.82 Å². The molecule has 0 atom stereocenters. The molecule has 2 heterocycles. The fourth-order valence-corrected chi connectivity index (χ4v) is 3.39. The highest BCUT2D eigenvalue weighted by molar-refractivity contribution is 9.10. The number of carbonyl (C=O) groups excluding carboxylic acids is 1. The van der Waals surface area contributed by atoms with Crippen LogP contribution in [0.4, 0.5) is 4.39 Å². The second kappa shape index (κ2) is 9.92. The second-order valence-electron chi connectivity index (χ2n) is 7.49. The molecule has 29 heavy (non-hydrogen) atoms. The number of esters is 1. The minimum absolute atomic E-state index is 0.151. The van der Waals surface area contributed by atoms with Crippen LogP contribution in [-0.2, 0) is 16.0 Å². The SMILES string of the molecule is CC(C)COC(=O)CCCCc1cc2cc(Br)cnc2nc1-c1ccc(F)cc1. The molecule has 0 saturated carbocycles. The summed E-state index contributed by atoms with van der Waals surface area (Å²) in [5, 5.41) is 0.941. The van der Waals surface area contributed by atoms with E-state index in [4.69, 9.17) is 9.72 Å². The third-order valence-corrected chi connectivity index (χ3v) is 4.92. The Labute approximate surface area is 178 Å². The zero-order valence-electron chi connectivity index (χ0n) is 16.6. The zero-order valence-corrected chi connectivity index (χ0v) is 18.2. The maximum Gasteiger partial charge on any atom is 0.305 e. The van der Waals surface area contributed by atoms with E-state index in [-0.39, 0.29) is 11.8 Å². The molecule has 0 saturated heterocycles. The summed E-state index contributed by atoms with van der Waals surface area (Å²) >= 11 is 3.45. The van der Waals surface area contributed by atoms with E-state index >= 15 is 0 Å². The van der Waals surface area contributed by atoms with Gasteiger partial charge in [0, 0.05) is 28.0 Å². The number of fused-ring (bicyclic) bond motifs is 1. The lowest BCUT2D eigenvalue weighted by Gasteiger charge is -2.11. The Morgan fingerprint density at radius 2 is 1.93 bits per heavy atom. The van der Waals surface area contributed by atoms with Gasteiger partial charge in [-0.2, -0.15) is 0 Å². The van der Waals surface area contributed by atoms with Gasteiger partial charge in [-0.3, -0.25) is 4.79 Å². The van der Waals surface area contributed by atoms with E-state index in [0.717, 1.165) is 45.9 Å². The van der Waals surface area contributed by atoms with Crippen molar-refractivity contribution < 1.29 is 13.9 Å². The van der Waals surface area contributed by atoms with E-state index in [2.05, 4.69) is 27.0 Å². The van der Waals surface area contributed by atoms with Crippen LogP contribution in [0.15, 0.2) is 47.1 Å². The van der Waals surface area contributed by atoms with Gasteiger partial charge in [0.2, 0.25) is 0 Å². The van der Waals surface area contributed by atoms with Gasteiger partial charge in [-0.25, -0.2) is 14.4 Å². The van der Waals surface area contributed by atoms with Crippen molar-refractivity contribution in [1.29, 1.82) is 0 Å². The smallest absolute Gasteiger partial charge is 0.305 e. The van der Waals surface area contributed by atoms with Crippen molar-refractivity contribution in [2.75, 3.05) is 6.61 Å². The normalized spacial score (nSPS) is 11.2. The first-order valence-electron chi connectivity index (χ1n) is 9.79. The molecule has 0 unspecified atom stereocenters. The molecule has 6 heteroatoms. The molecule has 3 rings (SSSR count). The average molecular weight is 459 g/mol. The van der Waals surface area contributed by atoms with Gasteiger partial charge in [-0.15, -0.1) is 0 Å². The molecule has 152 valence electrons. The third-order valence-electron chi connectivity index (χ3n) is 4.49. The quantitative estimate of drug-likeness (QED) is 0.301. The fourth-order valence-electron chi connectivity index (χ4n) is 3.05. The van der Waals surface area contributed by atoms with E-state index in [1.54, 1.807) is 18.3 Å². The first kappa shape index (κ1) is 21.4. The summed E-state index contributed by atoms with van der Waals surface area (Å²) in [5.74, 6) is -0.0888. The van der Waals surface area contributed by atoms with E-state index < -0.39 is 0 Å². The molecular formula is C23H24BrFN2O2. The molecule has 0 fully saturated rings. The number of aryl methyl sites for hydroxylation is 1. The Morgan fingerprint density at radius 1 is 1.17 bits per heavy atom. The maximum absolute atomic E-state index is 13.4. The molecule has 0 amide bonds. The summed E-state index contributed by atoms with van der Waals surface area (Å²) in [6.07, 6.45) is 4.46. The summed E-state index contributed by atoms with van der Waals surface area (Å²) in [5.41, 5.74) is 3.35. The van der Waals surface area contributed by atoms with Crippen LogP contribution >= 0.6 is 15.9 Å². The number of ether oxygens (including phenoxy) is 1. The summed E-state index contributed by atoms with van der Waals surface area (Å²) in [7, 11) is 0. The topological polar surface area (TPSA) is 52.1 Å². The Balaban J connectivity index is 1.76. The van der Waals surface area contributed by atoms with Crippen LogP contribution in [0.1, 0.15) is 38.7 Å². The van der Waals surface area contributed by atoms with E-state index in [0.29, 0.717) is 24.6 Å². The van der Waals surface area contributed by atoms with Crippen molar-refractivity contribution in [3.8, 4) is 11.3 Å². The van der Waals surface area contributed by atoms with Crippen molar-refractivity contribution in [2.24, 2.45) is 5.92 Å². The second-order valence-corrected chi connectivity index (χ2v) is 8.40. The van der Waals surface area contributed by atoms with Gasteiger partial charge in [-0.1, -0.05) is 13.8 Å². The number of hydrogen-bond donors (Lipinski definition) is 0. The molecule has 0 N–H and O–H groups in total. The van der Waals surface area contributed by atoms with Crippen LogP contribution in [-0.4, -0.2) is 22.5 Å². The van der Waals surface area contributed by atoms with Crippen LogP contribution in [0.2, 0.25) is 0 Å². The Hall–Kier alpha value is -2.34. The monoisotopic (exact) mass is 458 g/mol. The lowest BCUT2D eigenvalue weighted by molar-refractivity contribution is -0.144. The highest BCUT2D eigenvalue weighted by Crippen LogP contribution is 2.28. The molecule has 4 nitrogen and oxygen atoms in total. The van der Waals surface area contributed by atoms with E-state index in [1.807, 2.05) is 19.9 Å². The van der Waals surface area contributed by atoms with Gasteiger partial charge < -0.3 is 4.74 Å². The Bertz CT molecular complexity index is 990. The van der Waals surface area contributed by atoms with E-state index in [1.165, 1.54) is 12.1 Å². The summed E-state index contributed by atoms with van der Waals surface area (Å²) in [4.78, 5) is 20.9. The Morgan fingerprint density at radius 3 is 2.66 bits per heavy atom. The number of pyridine rings is 2. The highest BCUT2D eigenvalue weighted by Gasteiger charge is 2.12. The molecule has 0 radical (unpaired) electrons. The molecule has 0 aliphatic rings. The van der Waals surface area contributed by atoms with Gasteiger partial charge in [-0.05, 0) is 83.1 Å². The van der Waals surface area contributed by atoms with Crippen molar-refractivity contribution in [2.45, 2.75) is 39.5 Å². The molecule has 3 aromatic rings. The number of unbranched alkanes of at least 4 members (excludes halogenated alkanes) is 1. The van der Waals surface area contributed by atoms with Crippen molar-refractivity contribution >= 4 is 32.9 Å². The van der Waals surface area contributed by atoms with Crippen LogP contribution in [0, 0.1) is 11.7 Å². The Kier molecular flexibility index (Phi) is 7.31. The maximum atomic E-state index is 13.4. The molecule has 1 aromatic carbocycles. The predicted octanol–water partition coefficient (Wildman–Crippen LogP) is 6.11. The molecule has 0 aliphatic carbocycles. The van der Waals surface area contributed by atoms with Gasteiger partial charge >= 0.3 is 5.97 Å². The molecule has 2 aromatic heterocycles. The number of nitrogens with zero attached hydrogens (tertiary/aromatic N) is 2. The fraction of sp³-hybridized carbons (Fsp3) is 0.348. The highest BCUT2D eigenvalue weighted by atomic mass is 79.9. The van der Waals surface area contributed by atoms with Crippen LogP contribution in [0.3, 0.4) is 0 Å². The molecule has 0 spiro atoms. The molecule has 0 bridgehead atoms. The third kappa shape index (κ3) is 6.07. The number of benzene rings is 1. The lowest BCUT2D eigenvalue weighted by atomic mass is 9.99. The van der Waals surface area contributed by atoms with Gasteiger partial charge in [0.25, 0.3) is 0 Å². The number of hydrogen-bond acceptors (Lipinski definition) is 4. The zero-order chi connectivity index (χ0) is 20.8. The summed E-state index contributed by atoms with van der Waals surface area (Å²) in [6, 6.07) is 10.4. The van der Waals surface area contributed by atoms with Crippen LogP contribution < -0.4 is 0 Å². The minimum atomic E-state index is -0.280. The largest absolute Gasteiger partial charge is 0.465 e. The number of rotatable bonds is 8. The number of halogens is 2. The van der Waals surface area contributed by atoms with Crippen LogP contribution in [0.5, 0.6) is 0 Å². The average Bonchev–Trinajstić information content (AvgIpc) is 2.69. The van der Waals surface area contributed by atoms with Crippen molar-refractivity contribution in [1.82, 2.24) is 9.97 Å². The first-order valence-corrected chi connectivity index (χ1v) is 10.6. The number of aromatic nitrogens is 2. The molecule has 0 aliphatic heterocycles. The predicted molar refractivity (Wildman–Crippen MR) is 116 cm³/mol. The van der Waals surface area contributed by atoms with Crippen molar-refractivity contribution in [3.63, 3.8) is 0 Å². The number of carbonyl (C=O) groups is 1. The lowest BCUT2D eigenvalue weighted by Crippen LogP contribution is -2.09. The van der Waals surface area contributed by atoms with Crippen molar-refractivity contribution in [3.05, 3.63) is 58.4 Å². The summed E-state index contributed by atoms with van der Waals surface area (Å²) in [6.45, 7) is 4.50. The first-order chi connectivity index (χ1) is 13.9. The minimum Gasteiger partial charge on any atom is -0.465 e. The summed E-state index contributed by atoms with van der Waals surface area (Å²) < 4.78 is 19.5.